The van der Waals surface area contributed by atoms with Crippen molar-refractivity contribution in [2.45, 2.75) is 38.9 Å². The van der Waals surface area contributed by atoms with Crippen LogP contribution in [0.4, 0.5) is 5.69 Å². The van der Waals surface area contributed by atoms with Gasteiger partial charge in [0, 0.05) is 24.8 Å². The Bertz CT molecular complexity index is 952. The van der Waals surface area contributed by atoms with Gasteiger partial charge in [-0.3, -0.25) is 10.1 Å². The average Bonchev–Trinajstić information content (AvgIpc) is 3.23. The van der Waals surface area contributed by atoms with E-state index >= 15 is 0 Å². The fourth-order valence-corrected chi connectivity index (χ4v) is 4.04. The monoisotopic (exact) mass is 408 g/mol. The van der Waals surface area contributed by atoms with Crippen molar-refractivity contribution in [2.75, 3.05) is 12.4 Å². The molecule has 29 heavy (non-hydrogen) atoms. The molecule has 1 atom stereocenters. The molecule has 1 aromatic heterocycles. The van der Waals surface area contributed by atoms with Crippen LogP contribution in [0, 0.1) is 0 Å². The lowest BCUT2D eigenvalue weighted by atomic mass is 9.93. The molecule has 0 saturated heterocycles. The van der Waals surface area contributed by atoms with E-state index in [0.717, 1.165) is 16.3 Å². The summed E-state index contributed by atoms with van der Waals surface area (Å²) in [7, 11) is 1.92. The molecule has 152 valence electrons. The van der Waals surface area contributed by atoms with Crippen LogP contribution in [0.2, 0.25) is 0 Å². The third-order valence-corrected chi connectivity index (χ3v) is 6.04. The number of carbonyl (C=O) groups excluding carboxylic acids is 1. The normalized spacial score (nSPS) is 12.4. The zero-order valence-corrected chi connectivity index (χ0v) is 18.1. The Kier molecular flexibility index (Phi) is 6.67. The summed E-state index contributed by atoms with van der Waals surface area (Å²) in [4.78, 5) is 17.6. The molecule has 0 spiro atoms. The summed E-state index contributed by atoms with van der Waals surface area (Å²) < 4.78 is 0. The van der Waals surface area contributed by atoms with E-state index in [9.17, 15) is 4.79 Å². The van der Waals surface area contributed by atoms with Crippen LogP contribution in [0.1, 0.15) is 52.6 Å². The van der Waals surface area contributed by atoms with Crippen molar-refractivity contribution in [1.29, 1.82) is 0 Å². The van der Waals surface area contributed by atoms with Crippen molar-refractivity contribution in [3.63, 3.8) is 0 Å². The predicted molar refractivity (Wildman–Crippen MR) is 120 cm³/mol. The highest BCUT2D eigenvalue weighted by atomic mass is 32.1. The molecule has 3 N–H and O–H groups in total. The summed E-state index contributed by atoms with van der Waals surface area (Å²) >= 11 is 1.43. The lowest BCUT2D eigenvalue weighted by Crippen LogP contribution is -2.38. The van der Waals surface area contributed by atoms with Gasteiger partial charge in [0.15, 0.2) is 0 Å². The fraction of sp³-hybridized carbons (Fsp3) is 0.304. The molecule has 0 fully saturated rings. The van der Waals surface area contributed by atoms with Gasteiger partial charge in [0.05, 0.1) is 12.2 Å². The van der Waals surface area contributed by atoms with Gasteiger partial charge in [-0.1, -0.05) is 42.5 Å². The molecule has 1 heterocycles. The van der Waals surface area contributed by atoms with Crippen molar-refractivity contribution in [1.82, 2.24) is 15.6 Å². The van der Waals surface area contributed by atoms with Gasteiger partial charge in [0.1, 0.15) is 9.88 Å². The molecule has 0 aliphatic heterocycles. The minimum atomic E-state index is -0.242. The predicted octanol–water partition coefficient (Wildman–Crippen LogP) is 4.70. The Labute approximate surface area is 176 Å². The van der Waals surface area contributed by atoms with Crippen molar-refractivity contribution in [3.05, 3.63) is 81.8 Å². The van der Waals surface area contributed by atoms with Crippen molar-refractivity contribution in [3.8, 4) is 0 Å². The minimum Gasteiger partial charge on any atom is -0.388 e. The van der Waals surface area contributed by atoms with Gasteiger partial charge in [-0.2, -0.15) is 0 Å². The molecule has 1 amide bonds. The van der Waals surface area contributed by atoms with Crippen LogP contribution in [0.3, 0.4) is 0 Å². The highest BCUT2D eigenvalue weighted by Gasteiger charge is 2.25. The standard InChI is InChI=1S/C23H28N4OS/c1-16(27-23(2,3)18-11-8-12-19(13-18)24-4)22-26-15-20(29-22)21(28)25-14-17-9-6-5-7-10-17/h5-13,15-16,24,27H,14H2,1-4H3,(H,25,28). The van der Waals surface area contributed by atoms with Gasteiger partial charge in [-0.25, -0.2) is 4.98 Å². The van der Waals surface area contributed by atoms with E-state index in [0.29, 0.717) is 11.4 Å². The van der Waals surface area contributed by atoms with Crippen LogP contribution in [0.25, 0.3) is 0 Å². The number of carbonyl (C=O) groups is 1. The molecule has 0 radical (unpaired) electrons. The fourth-order valence-electron chi connectivity index (χ4n) is 3.21. The second-order valence-electron chi connectivity index (χ2n) is 7.55. The van der Waals surface area contributed by atoms with E-state index in [-0.39, 0.29) is 17.5 Å². The maximum absolute atomic E-state index is 12.5. The molecule has 0 aliphatic rings. The van der Waals surface area contributed by atoms with Crippen LogP contribution < -0.4 is 16.0 Å². The zero-order valence-electron chi connectivity index (χ0n) is 17.3. The summed E-state index contributed by atoms with van der Waals surface area (Å²) in [6, 6.07) is 18.3. The molecule has 0 aliphatic carbocycles. The van der Waals surface area contributed by atoms with Gasteiger partial charge >= 0.3 is 0 Å². The van der Waals surface area contributed by atoms with E-state index in [1.807, 2.05) is 49.5 Å². The maximum Gasteiger partial charge on any atom is 0.263 e. The van der Waals surface area contributed by atoms with E-state index < -0.39 is 0 Å². The molecule has 0 saturated carbocycles. The number of benzene rings is 2. The Morgan fingerprint density at radius 3 is 2.62 bits per heavy atom. The number of nitrogens with zero attached hydrogens (tertiary/aromatic N) is 1. The first-order chi connectivity index (χ1) is 13.9. The number of rotatable bonds is 8. The number of amides is 1. The number of hydrogen-bond donors (Lipinski definition) is 3. The topological polar surface area (TPSA) is 66.0 Å². The first-order valence-electron chi connectivity index (χ1n) is 9.73. The largest absolute Gasteiger partial charge is 0.388 e. The summed E-state index contributed by atoms with van der Waals surface area (Å²) in [5, 5.41) is 10.7. The Morgan fingerprint density at radius 1 is 1.14 bits per heavy atom. The van der Waals surface area contributed by atoms with Crippen LogP contribution in [0.15, 0.2) is 60.8 Å². The van der Waals surface area contributed by atoms with Crippen LogP contribution in [-0.2, 0) is 12.1 Å². The molecule has 1 unspecified atom stereocenters. The molecular formula is C23H28N4OS. The summed E-state index contributed by atoms with van der Waals surface area (Å²) in [6.45, 7) is 6.89. The summed E-state index contributed by atoms with van der Waals surface area (Å²) in [5.74, 6) is -0.0919. The zero-order chi connectivity index (χ0) is 20.9. The molecule has 3 aromatic rings. The number of anilines is 1. The highest BCUT2D eigenvalue weighted by molar-refractivity contribution is 7.13. The summed E-state index contributed by atoms with van der Waals surface area (Å²) in [5.41, 5.74) is 3.10. The first-order valence-corrected chi connectivity index (χ1v) is 10.5. The smallest absolute Gasteiger partial charge is 0.263 e. The maximum atomic E-state index is 12.5. The van der Waals surface area contributed by atoms with E-state index in [2.05, 4.69) is 53.8 Å². The second kappa shape index (κ2) is 9.20. The van der Waals surface area contributed by atoms with Crippen molar-refractivity contribution >= 4 is 22.9 Å². The van der Waals surface area contributed by atoms with Crippen LogP contribution in [0.5, 0.6) is 0 Å². The molecular weight excluding hydrogens is 380 g/mol. The lowest BCUT2D eigenvalue weighted by molar-refractivity contribution is 0.0954. The number of aromatic nitrogens is 1. The Morgan fingerprint density at radius 2 is 1.90 bits per heavy atom. The highest BCUT2D eigenvalue weighted by Crippen LogP contribution is 2.28. The minimum absolute atomic E-state index is 0.0175. The third kappa shape index (κ3) is 5.43. The van der Waals surface area contributed by atoms with Crippen LogP contribution >= 0.6 is 11.3 Å². The number of hydrogen-bond acceptors (Lipinski definition) is 5. The van der Waals surface area contributed by atoms with Crippen molar-refractivity contribution < 1.29 is 4.79 Å². The molecule has 6 heteroatoms. The van der Waals surface area contributed by atoms with E-state index in [4.69, 9.17) is 0 Å². The Balaban J connectivity index is 1.63. The van der Waals surface area contributed by atoms with Crippen molar-refractivity contribution in [2.24, 2.45) is 0 Å². The van der Waals surface area contributed by atoms with Gasteiger partial charge in [0.25, 0.3) is 5.91 Å². The van der Waals surface area contributed by atoms with Gasteiger partial charge in [-0.05, 0) is 44.0 Å². The quantitative estimate of drug-likeness (QED) is 0.505. The molecule has 5 nitrogen and oxygen atoms in total. The van der Waals surface area contributed by atoms with Gasteiger partial charge < -0.3 is 10.6 Å². The Hall–Kier alpha value is -2.70. The first kappa shape index (κ1) is 21.0. The van der Waals surface area contributed by atoms with Crippen LogP contribution in [-0.4, -0.2) is 17.9 Å². The van der Waals surface area contributed by atoms with Gasteiger partial charge in [-0.15, -0.1) is 11.3 Å². The molecule has 0 bridgehead atoms. The molecule has 3 rings (SSSR count). The van der Waals surface area contributed by atoms with E-state index in [1.54, 1.807) is 6.20 Å². The molecule has 2 aromatic carbocycles. The summed E-state index contributed by atoms with van der Waals surface area (Å²) in [6.07, 6.45) is 1.66. The number of nitrogens with one attached hydrogen (secondary N) is 3. The van der Waals surface area contributed by atoms with E-state index in [1.165, 1.54) is 16.9 Å². The lowest BCUT2D eigenvalue weighted by Gasteiger charge is -2.30. The van der Waals surface area contributed by atoms with Gasteiger partial charge in [0.2, 0.25) is 0 Å². The second-order valence-corrected chi connectivity index (χ2v) is 8.62. The average molecular weight is 409 g/mol. The number of thiazole rings is 1. The SMILES string of the molecule is CNc1cccc(C(C)(C)NC(C)c2ncc(C(=O)NCc3ccccc3)s2)c1. The third-order valence-electron chi connectivity index (χ3n) is 4.86.